The van der Waals surface area contributed by atoms with E-state index in [1.165, 1.54) is 11.1 Å². The first kappa shape index (κ1) is 23.6. The van der Waals surface area contributed by atoms with E-state index in [2.05, 4.69) is 66.1 Å². The molecule has 1 saturated heterocycles. The lowest BCUT2D eigenvalue weighted by Crippen LogP contribution is -2.42. The van der Waals surface area contributed by atoms with E-state index in [1.54, 1.807) is 13.3 Å². The molecule has 2 aliphatic rings. The third-order valence-electron chi connectivity index (χ3n) is 7.10. The molecule has 2 aromatic carbocycles. The Morgan fingerprint density at radius 1 is 1.09 bits per heavy atom. The zero-order valence-electron chi connectivity index (χ0n) is 20.5. The van der Waals surface area contributed by atoms with Crippen LogP contribution in [0.15, 0.2) is 66.9 Å². The number of hydrogen-bond acceptors (Lipinski definition) is 4. The number of nitrogens with zero attached hydrogens (tertiary/aromatic N) is 3. The molecule has 0 spiro atoms. The molecule has 7 heteroatoms. The van der Waals surface area contributed by atoms with Crippen molar-refractivity contribution in [1.82, 2.24) is 10.3 Å². The third kappa shape index (κ3) is 3.95. The number of nitrogens with one attached hydrogen (secondary N) is 1. The number of halogens is 1. The highest BCUT2D eigenvalue weighted by molar-refractivity contribution is 7.80. The molecule has 5 nitrogen and oxygen atoms in total. The summed E-state index contributed by atoms with van der Waals surface area (Å²) in [4.78, 5) is 9.04. The minimum Gasteiger partial charge on any atom is -0.495 e. The minimum absolute atomic E-state index is 0.0989. The molecule has 2 aliphatic heterocycles. The highest BCUT2D eigenvalue weighted by atomic mass is 35.5. The van der Waals surface area contributed by atoms with Gasteiger partial charge in [0.05, 0.1) is 36.1 Å². The van der Waals surface area contributed by atoms with Crippen LogP contribution in [0, 0.1) is 0 Å². The van der Waals surface area contributed by atoms with Gasteiger partial charge in [-0.15, -0.1) is 0 Å². The van der Waals surface area contributed by atoms with Gasteiger partial charge in [0, 0.05) is 29.5 Å². The topological polar surface area (TPSA) is 40.6 Å². The van der Waals surface area contributed by atoms with E-state index in [1.807, 2.05) is 42.5 Å². The summed E-state index contributed by atoms with van der Waals surface area (Å²) >= 11 is 13.0. The van der Waals surface area contributed by atoms with Crippen LogP contribution >= 0.6 is 23.8 Å². The lowest BCUT2D eigenvalue weighted by atomic mass is 9.86. The van der Waals surface area contributed by atoms with Gasteiger partial charge in [0.15, 0.2) is 5.11 Å². The fraction of sp³-hybridized carbons (Fsp3) is 0.286. The van der Waals surface area contributed by atoms with Crippen LogP contribution in [-0.2, 0) is 0 Å². The first-order valence-electron chi connectivity index (χ1n) is 11.6. The largest absolute Gasteiger partial charge is 0.495 e. The summed E-state index contributed by atoms with van der Waals surface area (Å²) in [6, 6.07) is 17.7. The van der Waals surface area contributed by atoms with Crippen molar-refractivity contribution >= 4 is 45.9 Å². The molecule has 35 heavy (non-hydrogen) atoms. The van der Waals surface area contributed by atoms with E-state index >= 15 is 0 Å². The number of hydrogen-bond donors (Lipinski definition) is 1. The zero-order chi connectivity index (χ0) is 24.9. The quantitative estimate of drug-likeness (QED) is 0.406. The maximum atomic E-state index is 7.08. The fourth-order valence-electron chi connectivity index (χ4n) is 5.17. The molecule has 3 heterocycles. The van der Waals surface area contributed by atoms with Gasteiger partial charge in [0.1, 0.15) is 5.75 Å². The Labute approximate surface area is 217 Å². The number of benzene rings is 2. The number of anilines is 2. The average molecular weight is 505 g/mol. The molecule has 0 radical (unpaired) electrons. The molecule has 0 aliphatic carbocycles. The van der Waals surface area contributed by atoms with Crippen LogP contribution in [-0.4, -0.2) is 29.8 Å². The standard InChI is InChI=1S/C28H29ClN4OS/c1-17-16-28(2,3)32(4)23-15-20(29)19(14-18(17)23)26-25(21-10-8-9-13-30-21)31-27(35)33(26)22-11-6-7-12-24(22)34-5/h6-16,25-26H,1-5H3,(H,31,35)/t25-,26-/m0/s1. The van der Waals surface area contributed by atoms with E-state index < -0.39 is 0 Å². The second kappa shape index (κ2) is 8.85. The normalized spacial score (nSPS) is 20.9. The minimum atomic E-state index is -0.223. The van der Waals surface area contributed by atoms with Crippen molar-refractivity contribution in [3.05, 3.63) is 88.7 Å². The number of pyridine rings is 1. The Morgan fingerprint density at radius 2 is 1.83 bits per heavy atom. The Bertz CT molecular complexity index is 1320. The van der Waals surface area contributed by atoms with Gasteiger partial charge in [-0.25, -0.2) is 0 Å². The van der Waals surface area contributed by atoms with Crippen LogP contribution < -0.4 is 19.9 Å². The van der Waals surface area contributed by atoms with Crippen molar-refractivity contribution in [2.24, 2.45) is 0 Å². The van der Waals surface area contributed by atoms with Crippen LogP contribution in [0.1, 0.15) is 49.7 Å². The van der Waals surface area contributed by atoms with Crippen LogP contribution in [0.3, 0.4) is 0 Å². The first-order chi connectivity index (χ1) is 16.7. The van der Waals surface area contributed by atoms with Crippen molar-refractivity contribution in [3.8, 4) is 5.75 Å². The number of aromatic nitrogens is 1. The molecule has 3 aromatic rings. The molecule has 2 atom stereocenters. The smallest absolute Gasteiger partial charge is 0.174 e. The molecular weight excluding hydrogens is 476 g/mol. The molecule has 0 bridgehead atoms. The van der Waals surface area contributed by atoms with Gasteiger partial charge in [-0.05, 0) is 80.5 Å². The molecule has 5 rings (SSSR count). The predicted octanol–water partition coefficient (Wildman–Crippen LogP) is 6.55. The summed E-state index contributed by atoms with van der Waals surface area (Å²) < 4.78 is 5.71. The van der Waals surface area contributed by atoms with Gasteiger partial charge in [-0.1, -0.05) is 35.9 Å². The van der Waals surface area contributed by atoms with Crippen LogP contribution in [0.4, 0.5) is 11.4 Å². The number of thiocarbonyl (C=S) groups is 1. The highest BCUT2D eigenvalue weighted by Crippen LogP contribution is 2.49. The Balaban J connectivity index is 1.72. The Hall–Kier alpha value is -3.09. The summed E-state index contributed by atoms with van der Waals surface area (Å²) in [6.45, 7) is 6.58. The van der Waals surface area contributed by atoms with E-state index in [9.17, 15) is 0 Å². The number of rotatable bonds is 4. The van der Waals surface area contributed by atoms with Crippen molar-refractivity contribution in [1.29, 1.82) is 0 Å². The number of fused-ring (bicyclic) bond motifs is 1. The van der Waals surface area contributed by atoms with E-state index in [4.69, 9.17) is 28.6 Å². The van der Waals surface area contributed by atoms with Gasteiger partial charge in [-0.3, -0.25) is 4.98 Å². The molecule has 180 valence electrons. The van der Waals surface area contributed by atoms with Crippen LogP contribution in [0.25, 0.3) is 5.57 Å². The van der Waals surface area contributed by atoms with Gasteiger partial charge in [-0.2, -0.15) is 0 Å². The van der Waals surface area contributed by atoms with Gasteiger partial charge in [0.2, 0.25) is 0 Å². The maximum Gasteiger partial charge on any atom is 0.174 e. The number of likely N-dealkylation sites (N-methyl/N-ethyl adjacent to an activating group) is 1. The lowest BCUT2D eigenvalue weighted by molar-refractivity contribution is 0.414. The second-order valence-electron chi connectivity index (χ2n) is 9.60. The zero-order valence-corrected chi connectivity index (χ0v) is 22.1. The number of methoxy groups -OCH3 is 1. The number of ether oxygens (including phenoxy) is 1. The molecule has 1 N–H and O–H groups in total. The number of para-hydroxylation sites is 2. The summed E-state index contributed by atoms with van der Waals surface area (Å²) in [6.07, 6.45) is 4.11. The first-order valence-corrected chi connectivity index (χ1v) is 12.4. The second-order valence-corrected chi connectivity index (χ2v) is 10.4. The monoisotopic (exact) mass is 504 g/mol. The Kier molecular flexibility index (Phi) is 5.98. The average Bonchev–Trinajstić information content (AvgIpc) is 3.19. The summed E-state index contributed by atoms with van der Waals surface area (Å²) in [5.74, 6) is 0.745. The van der Waals surface area contributed by atoms with Crippen molar-refractivity contribution in [2.75, 3.05) is 24.0 Å². The lowest BCUT2D eigenvalue weighted by Gasteiger charge is -2.41. The highest BCUT2D eigenvalue weighted by Gasteiger charge is 2.43. The molecule has 0 unspecified atom stereocenters. The predicted molar refractivity (Wildman–Crippen MR) is 149 cm³/mol. The summed E-state index contributed by atoms with van der Waals surface area (Å²) in [5.41, 5.74) is 6.19. The fourth-order valence-corrected chi connectivity index (χ4v) is 5.78. The Morgan fingerprint density at radius 3 is 2.54 bits per heavy atom. The van der Waals surface area contributed by atoms with E-state index in [-0.39, 0.29) is 17.6 Å². The molecule has 1 fully saturated rings. The number of allylic oxidation sites excluding steroid dienone is 1. The summed E-state index contributed by atoms with van der Waals surface area (Å²) in [5, 5.41) is 4.81. The SMILES string of the molecule is COc1ccccc1N1C(=S)N[C@@H](c2ccccn2)[C@@H]1c1cc2c(cc1Cl)N(C)C(C)(C)C=C2C. The van der Waals surface area contributed by atoms with Crippen molar-refractivity contribution in [3.63, 3.8) is 0 Å². The van der Waals surface area contributed by atoms with Crippen LogP contribution in [0.2, 0.25) is 5.02 Å². The van der Waals surface area contributed by atoms with Crippen molar-refractivity contribution < 1.29 is 4.74 Å². The summed E-state index contributed by atoms with van der Waals surface area (Å²) in [7, 11) is 3.79. The van der Waals surface area contributed by atoms with E-state index in [0.29, 0.717) is 10.1 Å². The molecular formula is C28H29ClN4OS. The van der Waals surface area contributed by atoms with Gasteiger partial charge < -0.3 is 19.9 Å². The third-order valence-corrected chi connectivity index (χ3v) is 7.74. The van der Waals surface area contributed by atoms with Crippen molar-refractivity contribution in [2.45, 2.75) is 38.4 Å². The molecule has 0 saturated carbocycles. The van der Waals surface area contributed by atoms with Gasteiger partial charge >= 0.3 is 0 Å². The van der Waals surface area contributed by atoms with Gasteiger partial charge in [0.25, 0.3) is 0 Å². The maximum absolute atomic E-state index is 7.08. The van der Waals surface area contributed by atoms with Crippen LogP contribution in [0.5, 0.6) is 5.75 Å². The van der Waals surface area contributed by atoms with E-state index in [0.717, 1.165) is 28.4 Å². The molecule has 1 aromatic heterocycles. The molecule has 0 amide bonds.